The SMILES string of the molecule is CCC(C)c1ccc(Nc2nc(Nc3ccc4[nH]ncc4c3)ncc2Br)cc1. The summed E-state index contributed by atoms with van der Waals surface area (Å²) in [6.45, 7) is 4.44. The molecule has 0 radical (unpaired) electrons. The minimum atomic E-state index is 0.518. The molecule has 0 aliphatic rings. The number of nitrogens with zero attached hydrogens (tertiary/aromatic N) is 3. The molecule has 2 aromatic heterocycles. The van der Waals surface area contributed by atoms with Crippen molar-refractivity contribution in [3.8, 4) is 0 Å². The molecule has 6 nitrogen and oxygen atoms in total. The number of anilines is 4. The minimum absolute atomic E-state index is 0.518. The zero-order valence-electron chi connectivity index (χ0n) is 15.7. The predicted molar refractivity (Wildman–Crippen MR) is 118 cm³/mol. The lowest BCUT2D eigenvalue weighted by Crippen LogP contribution is -2.02. The van der Waals surface area contributed by atoms with Crippen LogP contribution in [0.3, 0.4) is 0 Å². The number of hydrogen-bond donors (Lipinski definition) is 3. The van der Waals surface area contributed by atoms with Crippen LogP contribution in [-0.4, -0.2) is 20.2 Å². The summed E-state index contributed by atoms with van der Waals surface area (Å²) in [6, 6.07) is 14.4. The average Bonchev–Trinajstić information content (AvgIpc) is 3.18. The van der Waals surface area contributed by atoms with Crippen LogP contribution in [0.4, 0.5) is 23.1 Å². The Labute approximate surface area is 171 Å². The maximum atomic E-state index is 4.60. The molecule has 0 saturated heterocycles. The van der Waals surface area contributed by atoms with Crippen molar-refractivity contribution in [2.75, 3.05) is 10.6 Å². The predicted octanol–water partition coefficient (Wildman–Crippen LogP) is 6.12. The van der Waals surface area contributed by atoms with Gasteiger partial charge in [0, 0.05) is 23.0 Å². The smallest absolute Gasteiger partial charge is 0.229 e. The number of aromatic nitrogens is 4. The normalized spacial score (nSPS) is 12.1. The van der Waals surface area contributed by atoms with Gasteiger partial charge in [-0.2, -0.15) is 10.1 Å². The Hall–Kier alpha value is -2.93. The number of fused-ring (bicyclic) bond motifs is 1. The molecule has 3 N–H and O–H groups in total. The summed E-state index contributed by atoms with van der Waals surface area (Å²) in [5, 5.41) is 14.6. The third-order valence-corrected chi connectivity index (χ3v) is 5.38. The molecular weight excluding hydrogens is 416 g/mol. The molecule has 1 atom stereocenters. The average molecular weight is 437 g/mol. The maximum absolute atomic E-state index is 4.60. The van der Waals surface area contributed by atoms with E-state index in [4.69, 9.17) is 0 Å². The highest BCUT2D eigenvalue weighted by Crippen LogP contribution is 2.27. The highest BCUT2D eigenvalue weighted by Gasteiger charge is 2.08. The zero-order valence-corrected chi connectivity index (χ0v) is 17.3. The van der Waals surface area contributed by atoms with Gasteiger partial charge in [-0.1, -0.05) is 26.0 Å². The summed E-state index contributed by atoms with van der Waals surface area (Å²) >= 11 is 3.52. The fourth-order valence-corrected chi connectivity index (χ4v) is 3.22. The summed E-state index contributed by atoms with van der Waals surface area (Å²) in [6.07, 6.45) is 4.66. The van der Waals surface area contributed by atoms with Crippen molar-refractivity contribution < 1.29 is 0 Å². The lowest BCUT2D eigenvalue weighted by Gasteiger charge is -2.12. The monoisotopic (exact) mass is 436 g/mol. The quantitative estimate of drug-likeness (QED) is 0.339. The summed E-state index contributed by atoms with van der Waals surface area (Å²) in [5.74, 6) is 1.78. The van der Waals surface area contributed by atoms with E-state index in [2.05, 4.69) is 84.8 Å². The lowest BCUT2D eigenvalue weighted by atomic mass is 9.99. The first kappa shape index (κ1) is 18.4. The number of aromatic amines is 1. The van der Waals surface area contributed by atoms with Gasteiger partial charge in [0.05, 0.1) is 16.2 Å². The van der Waals surface area contributed by atoms with Crippen molar-refractivity contribution in [2.24, 2.45) is 0 Å². The molecule has 0 spiro atoms. The molecule has 2 heterocycles. The van der Waals surface area contributed by atoms with Gasteiger partial charge in [0.25, 0.3) is 0 Å². The van der Waals surface area contributed by atoms with Gasteiger partial charge in [-0.15, -0.1) is 0 Å². The van der Waals surface area contributed by atoms with Crippen LogP contribution in [-0.2, 0) is 0 Å². The van der Waals surface area contributed by atoms with Crippen LogP contribution >= 0.6 is 15.9 Å². The van der Waals surface area contributed by atoms with Crippen molar-refractivity contribution in [1.82, 2.24) is 20.2 Å². The van der Waals surface area contributed by atoms with E-state index in [1.54, 1.807) is 12.4 Å². The Bertz CT molecular complexity index is 1090. The van der Waals surface area contributed by atoms with E-state index >= 15 is 0 Å². The fourth-order valence-electron chi connectivity index (χ4n) is 2.93. The van der Waals surface area contributed by atoms with E-state index in [1.165, 1.54) is 5.56 Å². The van der Waals surface area contributed by atoms with Crippen LogP contribution < -0.4 is 10.6 Å². The van der Waals surface area contributed by atoms with Crippen molar-refractivity contribution >= 4 is 50.0 Å². The molecule has 0 aliphatic carbocycles. The minimum Gasteiger partial charge on any atom is -0.339 e. The van der Waals surface area contributed by atoms with E-state index in [-0.39, 0.29) is 0 Å². The number of benzene rings is 2. The molecule has 2 aromatic carbocycles. The largest absolute Gasteiger partial charge is 0.339 e. The highest BCUT2D eigenvalue weighted by atomic mass is 79.9. The van der Waals surface area contributed by atoms with Crippen LogP contribution in [0.5, 0.6) is 0 Å². The summed E-state index contributed by atoms with van der Waals surface area (Å²) in [5.41, 5.74) is 4.22. The second-order valence-electron chi connectivity index (χ2n) is 6.74. The summed E-state index contributed by atoms with van der Waals surface area (Å²) < 4.78 is 0.800. The third kappa shape index (κ3) is 3.99. The molecule has 7 heteroatoms. The molecule has 0 amide bonds. The topological polar surface area (TPSA) is 78.5 Å². The molecule has 0 aliphatic heterocycles. The van der Waals surface area contributed by atoms with Crippen LogP contribution in [0.2, 0.25) is 0 Å². The lowest BCUT2D eigenvalue weighted by molar-refractivity contribution is 0.734. The first-order valence-corrected chi connectivity index (χ1v) is 10.0. The molecular formula is C21H21BrN6. The van der Waals surface area contributed by atoms with Gasteiger partial charge in [-0.3, -0.25) is 5.10 Å². The molecule has 1 unspecified atom stereocenters. The van der Waals surface area contributed by atoms with Crippen molar-refractivity contribution in [2.45, 2.75) is 26.2 Å². The molecule has 0 saturated carbocycles. The van der Waals surface area contributed by atoms with Gasteiger partial charge in [0.1, 0.15) is 5.82 Å². The zero-order chi connectivity index (χ0) is 19.5. The van der Waals surface area contributed by atoms with Crippen LogP contribution in [0.1, 0.15) is 31.7 Å². The van der Waals surface area contributed by atoms with Gasteiger partial charge in [-0.25, -0.2) is 4.98 Å². The van der Waals surface area contributed by atoms with E-state index < -0.39 is 0 Å². The Kier molecular flexibility index (Phi) is 5.25. The first-order valence-electron chi connectivity index (χ1n) is 9.22. The Morgan fingerprint density at radius 3 is 2.61 bits per heavy atom. The molecule has 0 fully saturated rings. The second-order valence-corrected chi connectivity index (χ2v) is 7.60. The standard InChI is InChI=1S/C21H21BrN6/c1-3-13(2)14-4-6-16(7-5-14)25-20-18(22)12-23-21(27-20)26-17-8-9-19-15(10-17)11-24-28-19/h4-13H,3H2,1-2H3,(H,24,28)(H2,23,25,26,27). The molecule has 142 valence electrons. The summed E-state index contributed by atoms with van der Waals surface area (Å²) in [4.78, 5) is 8.96. The van der Waals surface area contributed by atoms with Gasteiger partial charge in [0.15, 0.2) is 0 Å². The molecule has 28 heavy (non-hydrogen) atoms. The van der Waals surface area contributed by atoms with Gasteiger partial charge in [-0.05, 0) is 64.2 Å². The maximum Gasteiger partial charge on any atom is 0.229 e. The molecule has 4 rings (SSSR count). The van der Waals surface area contributed by atoms with E-state index in [0.29, 0.717) is 17.7 Å². The van der Waals surface area contributed by atoms with E-state index in [9.17, 15) is 0 Å². The Morgan fingerprint density at radius 1 is 1.04 bits per heavy atom. The van der Waals surface area contributed by atoms with Crippen molar-refractivity contribution in [3.63, 3.8) is 0 Å². The first-order chi connectivity index (χ1) is 13.6. The number of H-pyrrole nitrogens is 1. The number of hydrogen-bond acceptors (Lipinski definition) is 5. The van der Waals surface area contributed by atoms with E-state index in [1.807, 2.05) is 18.2 Å². The number of rotatable bonds is 6. The van der Waals surface area contributed by atoms with Crippen LogP contribution in [0.15, 0.2) is 59.3 Å². The highest BCUT2D eigenvalue weighted by molar-refractivity contribution is 9.10. The molecule has 0 bridgehead atoms. The number of halogens is 1. The van der Waals surface area contributed by atoms with Gasteiger partial charge >= 0.3 is 0 Å². The van der Waals surface area contributed by atoms with Gasteiger partial charge in [0.2, 0.25) is 5.95 Å². The summed E-state index contributed by atoms with van der Waals surface area (Å²) in [7, 11) is 0. The van der Waals surface area contributed by atoms with Gasteiger partial charge < -0.3 is 10.6 Å². The number of nitrogens with one attached hydrogen (secondary N) is 3. The van der Waals surface area contributed by atoms with Crippen LogP contribution in [0, 0.1) is 0 Å². The van der Waals surface area contributed by atoms with E-state index in [0.717, 1.165) is 33.2 Å². The Morgan fingerprint density at radius 2 is 1.82 bits per heavy atom. The van der Waals surface area contributed by atoms with Crippen LogP contribution in [0.25, 0.3) is 10.9 Å². The van der Waals surface area contributed by atoms with Crippen molar-refractivity contribution in [3.05, 3.63) is 64.9 Å². The Balaban J connectivity index is 1.53. The fraction of sp³-hybridized carbons (Fsp3) is 0.190. The molecule has 4 aromatic rings. The second kappa shape index (κ2) is 7.98. The third-order valence-electron chi connectivity index (χ3n) is 4.80. The van der Waals surface area contributed by atoms with Crippen molar-refractivity contribution in [1.29, 1.82) is 0 Å².